The standard InChI is InChI=1S/C8H11ClN2OS/c9-8-11-4-7(13-8)5-12-6-1-2-10-3-6/h4,6,10H,1-3,5H2/t6-/m1/s1. The van der Waals surface area contributed by atoms with Crippen LogP contribution in [0.2, 0.25) is 4.47 Å². The molecule has 1 fully saturated rings. The normalized spacial score (nSPS) is 22.4. The molecule has 1 aromatic heterocycles. The second kappa shape index (κ2) is 4.37. The van der Waals surface area contributed by atoms with Gasteiger partial charge in [-0.3, -0.25) is 0 Å². The summed E-state index contributed by atoms with van der Waals surface area (Å²) in [5, 5.41) is 3.25. The maximum absolute atomic E-state index is 5.70. The van der Waals surface area contributed by atoms with E-state index in [1.54, 1.807) is 6.20 Å². The van der Waals surface area contributed by atoms with Crippen molar-refractivity contribution in [3.05, 3.63) is 15.5 Å². The van der Waals surface area contributed by atoms with Crippen LogP contribution in [0.15, 0.2) is 6.20 Å². The highest BCUT2D eigenvalue weighted by Gasteiger charge is 2.14. The zero-order chi connectivity index (χ0) is 9.10. The molecule has 1 saturated heterocycles. The molecule has 3 nitrogen and oxygen atoms in total. The number of aromatic nitrogens is 1. The van der Waals surface area contributed by atoms with Crippen LogP contribution in [0.5, 0.6) is 0 Å². The highest BCUT2D eigenvalue weighted by Crippen LogP contribution is 2.19. The van der Waals surface area contributed by atoms with Crippen LogP contribution in [0.4, 0.5) is 0 Å². The number of halogens is 1. The largest absolute Gasteiger partial charge is 0.371 e. The molecule has 13 heavy (non-hydrogen) atoms. The zero-order valence-corrected chi connectivity index (χ0v) is 8.70. The van der Waals surface area contributed by atoms with E-state index < -0.39 is 0 Å². The number of hydrogen-bond donors (Lipinski definition) is 1. The molecule has 0 aliphatic carbocycles. The average molecular weight is 219 g/mol. The minimum Gasteiger partial charge on any atom is -0.371 e. The Labute approximate surface area is 86.1 Å². The van der Waals surface area contributed by atoms with E-state index in [1.165, 1.54) is 11.3 Å². The number of thiazole rings is 1. The Morgan fingerprint density at radius 3 is 3.31 bits per heavy atom. The highest BCUT2D eigenvalue weighted by molar-refractivity contribution is 7.15. The molecule has 1 N–H and O–H groups in total. The number of rotatable bonds is 3. The molecule has 1 aliphatic heterocycles. The first kappa shape index (κ1) is 9.40. The Morgan fingerprint density at radius 2 is 2.69 bits per heavy atom. The van der Waals surface area contributed by atoms with Crippen molar-refractivity contribution in [3.63, 3.8) is 0 Å². The fourth-order valence-corrected chi connectivity index (χ4v) is 2.22. The van der Waals surface area contributed by atoms with E-state index in [2.05, 4.69) is 10.3 Å². The van der Waals surface area contributed by atoms with E-state index in [0.717, 1.165) is 24.4 Å². The molecule has 1 aromatic rings. The van der Waals surface area contributed by atoms with Crippen LogP contribution in [-0.4, -0.2) is 24.2 Å². The minimum atomic E-state index is 0.362. The molecule has 0 spiro atoms. The molecule has 0 unspecified atom stereocenters. The van der Waals surface area contributed by atoms with Crippen LogP contribution < -0.4 is 5.32 Å². The molecule has 1 atom stereocenters. The van der Waals surface area contributed by atoms with Gasteiger partial charge < -0.3 is 10.1 Å². The Hall–Kier alpha value is -0.160. The van der Waals surface area contributed by atoms with Crippen molar-refractivity contribution in [2.24, 2.45) is 0 Å². The van der Waals surface area contributed by atoms with Crippen molar-refractivity contribution in [3.8, 4) is 0 Å². The van der Waals surface area contributed by atoms with Gasteiger partial charge in [0.2, 0.25) is 0 Å². The summed E-state index contributed by atoms with van der Waals surface area (Å²) in [4.78, 5) is 5.04. The van der Waals surface area contributed by atoms with E-state index in [4.69, 9.17) is 16.3 Å². The smallest absolute Gasteiger partial charge is 0.183 e. The second-order valence-corrected chi connectivity index (χ2v) is 4.70. The molecule has 0 saturated carbocycles. The molecule has 2 rings (SSSR count). The van der Waals surface area contributed by atoms with Gasteiger partial charge in [0.05, 0.1) is 17.6 Å². The van der Waals surface area contributed by atoms with Crippen molar-refractivity contribution in [2.75, 3.05) is 13.1 Å². The summed E-state index contributed by atoms with van der Waals surface area (Å²) in [7, 11) is 0. The van der Waals surface area contributed by atoms with E-state index in [0.29, 0.717) is 17.2 Å². The Bertz CT molecular complexity index is 273. The monoisotopic (exact) mass is 218 g/mol. The van der Waals surface area contributed by atoms with Gasteiger partial charge in [-0.1, -0.05) is 11.6 Å². The molecule has 5 heteroatoms. The van der Waals surface area contributed by atoms with Gasteiger partial charge in [-0.25, -0.2) is 4.98 Å². The van der Waals surface area contributed by atoms with Crippen molar-refractivity contribution < 1.29 is 4.74 Å². The fourth-order valence-electron chi connectivity index (χ4n) is 1.32. The molecular weight excluding hydrogens is 208 g/mol. The molecule has 0 amide bonds. The van der Waals surface area contributed by atoms with E-state index >= 15 is 0 Å². The van der Waals surface area contributed by atoms with Gasteiger partial charge in [-0.05, 0) is 13.0 Å². The molecular formula is C8H11ClN2OS. The average Bonchev–Trinajstić information content (AvgIpc) is 2.71. The second-order valence-electron chi connectivity index (χ2n) is 3.01. The summed E-state index contributed by atoms with van der Waals surface area (Å²) in [5.41, 5.74) is 0. The fraction of sp³-hybridized carbons (Fsp3) is 0.625. The van der Waals surface area contributed by atoms with Crippen molar-refractivity contribution in [2.45, 2.75) is 19.1 Å². The maximum Gasteiger partial charge on any atom is 0.183 e. The van der Waals surface area contributed by atoms with Gasteiger partial charge in [0, 0.05) is 12.7 Å². The minimum absolute atomic E-state index is 0.362. The van der Waals surface area contributed by atoms with E-state index in [1.807, 2.05) is 0 Å². The lowest BCUT2D eigenvalue weighted by Crippen LogP contribution is -2.16. The van der Waals surface area contributed by atoms with Gasteiger partial charge >= 0.3 is 0 Å². The van der Waals surface area contributed by atoms with Crippen molar-refractivity contribution in [1.29, 1.82) is 0 Å². The van der Waals surface area contributed by atoms with Gasteiger partial charge in [0.15, 0.2) is 4.47 Å². The predicted molar refractivity (Wildman–Crippen MR) is 53.2 cm³/mol. The van der Waals surface area contributed by atoms with Crippen LogP contribution in [0.25, 0.3) is 0 Å². The van der Waals surface area contributed by atoms with Crippen molar-refractivity contribution >= 4 is 22.9 Å². The molecule has 72 valence electrons. The van der Waals surface area contributed by atoms with Crippen LogP contribution in [0, 0.1) is 0 Å². The van der Waals surface area contributed by atoms with Gasteiger partial charge in [-0.15, -0.1) is 11.3 Å². The Balaban J connectivity index is 1.78. The van der Waals surface area contributed by atoms with E-state index in [-0.39, 0.29) is 0 Å². The topological polar surface area (TPSA) is 34.1 Å². The first-order chi connectivity index (χ1) is 6.34. The van der Waals surface area contributed by atoms with Gasteiger partial charge in [0.1, 0.15) is 0 Å². The molecule has 0 radical (unpaired) electrons. The first-order valence-electron chi connectivity index (χ1n) is 4.27. The highest BCUT2D eigenvalue weighted by atomic mass is 35.5. The van der Waals surface area contributed by atoms with Crippen LogP contribution >= 0.6 is 22.9 Å². The SMILES string of the molecule is Clc1ncc(CO[C@@H]2CCNC2)s1. The number of nitrogens with one attached hydrogen (secondary N) is 1. The quantitative estimate of drug-likeness (QED) is 0.838. The summed E-state index contributed by atoms with van der Waals surface area (Å²) in [5.74, 6) is 0. The lowest BCUT2D eigenvalue weighted by atomic mass is 10.3. The zero-order valence-electron chi connectivity index (χ0n) is 7.12. The third-order valence-corrected chi connectivity index (χ3v) is 3.09. The summed E-state index contributed by atoms with van der Waals surface area (Å²) in [6.45, 7) is 2.66. The number of nitrogens with zero attached hydrogens (tertiary/aromatic N) is 1. The third-order valence-electron chi connectivity index (χ3n) is 2.00. The molecule has 1 aliphatic rings. The predicted octanol–water partition coefficient (Wildman–Crippen LogP) is 1.68. The Kier molecular flexibility index (Phi) is 3.16. The Morgan fingerprint density at radius 1 is 1.77 bits per heavy atom. The summed E-state index contributed by atoms with van der Waals surface area (Å²) < 4.78 is 6.24. The maximum atomic E-state index is 5.70. The van der Waals surface area contributed by atoms with Gasteiger partial charge in [0.25, 0.3) is 0 Å². The lowest BCUT2D eigenvalue weighted by Gasteiger charge is -2.07. The third kappa shape index (κ3) is 2.64. The molecule has 0 bridgehead atoms. The van der Waals surface area contributed by atoms with E-state index in [9.17, 15) is 0 Å². The summed E-state index contributed by atoms with van der Waals surface area (Å²) >= 11 is 7.18. The lowest BCUT2D eigenvalue weighted by molar-refractivity contribution is 0.0558. The summed E-state index contributed by atoms with van der Waals surface area (Å²) in [6.07, 6.45) is 3.24. The first-order valence-corrected chi connectivity index (χ1v) is 5.46. The summed E-state index contributed by atoms with van der Waals surface area (Å²) in [6, 6.07) is 0. The van der Waals surface area contributed by atoms with Crippen molar-refractivity contribution in [1.82, 2.24) is 10.3 Å². The molecule has 0 aromatic carbocycles. The van der Waals surface area contributed by atoms with Gasteiger partial charge in [-0.2, -0.15) is 0 Å². The van der Waals surface area contributed by atoms with Crippen LogP contribution in [0.3, 0.4) is 0 Å². The molecule has 2 heterocycles. The number of hydrogen-bond acceptors (Lipinski definition) is 4. The number of ether oxygens (including phenoxy) is 1. The van der Waals surface area contributed by atoms with Crippen LogP contribution in [0.1, 0.15) is 11.3 Å². The van der Waals surface area contributed by atoms with Crippen LogP contribution in [-0.2, 0) is 11.3 Å².